The number of sulfone groups is 1. The summed E-state index contributed by atoms with van der Waals surface area (Å²) in [6.45, 7) is 0.376. The molecule has 18 heavy (non-hydrogen) atoms. The normalized spacial score (nSPS) is 11.3. The van der Waals surface area contributed by atoms with E-state index in [0.717, 1.165) is 5.75 Å². The van der Waals surface area contributed by atoms with E-state index in [1.54, 1.807) is 0 Å². The highest BCUT2D eigenvalue weighted by Crippen LogP contribution is 2.11. The van der Waals surface area contributed by atoms with Crippen molar-refractivity contribution >= 4 is 9.84 Å². The Morgan fingerprint density at radius 2 is 2.00 bits per heavy atom. The Bertz CT molecular complexity index is 565. The Morgan fingerprint density at radius 3 is 2.67 bits per heavy atom. The first-order chi connectivity index (χ1) is 8.68. The molecule has 0 amide bonds. The van der Waals surface area contributed by atoms with Crippen molar-refractivity contribution in [2.75, 3.05) is 12.4 Å². The molecule has 0 fully saturated rings. The third kappa shape index (κ3) is 3.33. The quantitative estimate of drug-likeness (QED) is 0.807. The van der Waals surface area contributed by atoms with Gasteiger partial charge in [-0.1, -0.05) is 18.2 Å². The van der Waals surface area contributed by atoms with E-state index in [2.05, 4.69) is 10.2 Å². The number of ether oxygens (including phenoxy) is 1. The summed E-state index contributed by atoms with van der Waals surface area (Å²) in [6.07, 6.45) is 3.14. The topological polar surface area (TPSA) is 72.1 Å². The second-order valence-corrected chi connectivity index (χ2v) is 5.88. The van der Waals surface area contributed by atoms with E-state index in [-0.39, 0.29) is 10.6 Å². The lowest BCUT2D eigenvalue weighted by atomic mass is 10.3. The van der Waals surface area contributed by atoms with E-state index in [4.69, 9.17) is 4.74 Å². The van der Waals surface area contributed by atoms with Crippen molar-refractivity contribution in [3.63, 3.8) is 0 Å². The van der Waals surface area contributed by atoms with E-state index in [0.29, 0.717) is 13.0 Å². The molecule has 96 valence electrons. The molecule has 1 heterocycles. The Hall–Kier alpha value is -1.82. The van der Waals surface area contributed by atoms with E-state index in [1.807, 2.05) is 30.3 Å². The van der Waals surface area contributed by atoms with Crippen molar-refractivity contribution in [2.45, 2.75) is 11.3 Å². The maximum atomic E-state index is 11.8. The SMILES string of the molecule is O=S(=O)(CCCOc1ccccc1)c1cn[nH]c1. The first-order valence-electron chi connectivity index (χ1n) is 5.58. The van der Waals surface area contributed by atoms with Crippen LogP contribution in [-0.2, 0) is 9.84 Å². The average Bonchev–Trinajstić information content (AvgIpc) is 2.91. The summed E-state index contributed by atoms with van der Waals surface area (Å²) in [5.41, 5.74) is 0. The Balaban J connectivity index is 1.79. The molecule has 0 aliphatic carbocycles. The van der Waals surface area contributed by atoms with Crippen molar-refractivity contribution in [3.8, 4) is 5.75 Å². The van der Waals surface area contributed by atoms with E-state index in [9.17, 15) is 8.42 Å². The summed E-state index contributed by atoms with van der Waals surface area (Å²) < 4.78 is 29.0. The summed E-state index contributed by atoms with van der Waals surface area (Å²) >= 11 is 0. The molecule has 1 aromatic heterocycles. The summed E-state index contributed by atoms with van der Waals surface area (Å²) in [5, 5.41) is 6.12. The van der Waals surface area contributed by atoms with Crippen LogP contribution in [0.3, 0.4) is 0 Å². The van der Waals surface area contributed by atoms with Crippen LogP contribution in [0.1, 0.15) is 6.42 Å². The molecule has 2 aromatic rings. The molecule has 0 aliphatic heterocycles. The summed E-state index contributed by atoms with van der Waals surface area (Å²) in [6, 6.07) is 9.32. The van der Waals surface area contributed by atoms with Crippen molar-refractivity contribution in [2.24, 2.45) is 0 Å². The fourth-order valence-electron chi connectivity index (χ4n) is 1.48. The number of H-pyrrole nitrogens is 1. The van der Waals surface area contributed by atoms with Crippen LogP contribution in [0.4, 0.5) is 0 Å². The lowest BCUT2D eigenvalue weighted by molar-refractivity contribution is 0.317. The number of hydrogen-bond donors (Lipinski definition) is 1. The van der Waals surface area contributed by atoms with Gasteiger partial charge in [-0.15, -0.1) is 0 Å². The van der Waals surface area contributed by atoms with Gasteiger partial charge in [-0.25, -0.2) is 8.42 Å². The molecule has 2 rings (SSSR count). The van der Waals surface area contributed by atoms with Crippen LogP contribution in [-0.4, -0.2) is 31.0 Å². The molecule has 1 aromatic carbocycles. The highest BCUT2D eigenvalue weighted by molar-refractivity contribution is 7.91. The number of hydrogen-bond acceptors (Lipinski definition) is 4. The third-order valence-electron chi connectivity index (χ3n) is 2.40. The first-order valence-corrected chi connectivity index (χ1v) is 7.23. The van der Waals surface area contributed by atoms with Crippen LogP contribution >= 0.6 is 0 Å². The van der Waals surface area contributed by atoms with Crippen molar-refractivity contribution in [1.29, 1.82) is 0 Å². The maximum absolute atomic E-state index is 11.8. The zero-order chi connectivity index (χ0) is 12.8. The number of nitrogens with one attached hydrogen (secondary N) is 1. The van der Waals surface area contributed by atoms with Gasteiger partial charge in [0.25, 0.3) is 0 Å². The van der Waals surface area contributed by atoms with Gasteiger partial charge in [-0.05, 0) is 18.6 Å². The monoisotopic (exact) mass is 266 g/mol. The number of aromatic nitrogens is 2. The minimum atomic E-state index is -3.25. The number of nitrogens with zero attached hydrogens (tertiary/aromatic N) is 1. The molecular formula is C12H14N2O3S. The van der Waals surface area contributed by atoms with Gasteiger partial charge in [0.15, 0.2) is 9.84 Å². The predicted octanol–water partition coefficient (Wildman–Crippen LogP) is 1.65. The number of benzene rings is 1. The summed E-state index contributed by atoms with van der Waals surface area (Å²) in [4.78, 5) is 0.224. The Morgan fingerprint density at radius 1 is 1.22 bits per heavy atom. The van der Waals surface area contributed by atoms with Gasteiger partial charge < -0.3 is 4.74 Å². The molecule has 0 spiro atoms. The molecule has 0 aliphatic rings. The molecular weight excluding hydrogens is 252 g/mol. The third-order valence-corrected chi connectivity index (χ3v) is 4.17. The second-order valence-electron chi connectivity index (χ2n) is 3.77. The Kier molecular flexibility index (Phi) is 3.99. The van der Waals surface area contributed by atoms with E-state index < -0.39 is 9.84 Å². The van der Waals surface area contributed by atoms with Crippen LogP contribution in [0.15, 0.2) is 47.6 Å². The van der Waals surface area contributed by atoms with Crippen molar-refractivity contribution in [1.82, 2.24) is 10.2 Å². The van der Waals surface area contributed by atoms with Gasteiger partial charge in [0.2, 0.25) is 0 Å². The zero-order valence-corrected chi connectivity index (χ0v) is 10.6. The second kappa shape index (κ2) is 5.68. The standard InChI is InChI=1S/C12H14N2O3S/c15-18(16,12-9-13-14-10-12)8-4-7-17-11-5-2-1-3-6-11/h1-3,5-6,9-10H,4,7-8H2,(H,13,14). The highest BCUT2D eigenvalue weighted by atomic mass is 32.2. The molecule has 0 unspecified atom stereocenters. The lowest BCUT2D eigenvalue weighted by Gasteiger charge is -2.05. The Labute approximate surface area is 106 Å². The van der Waals surface area contributed by atoms with Gasteiger partial charge in [0, 0.05) is 6.20 Å². The first kappa shape index (κ1) is 12.6. The lowest BCUT2D eigenvalue weighted by Crippen LogP contribution is -2.09. The van der Waals surface area contributed by atoms with E-state index in [1.165, 1.54) is 12.4 Å². The molecule has 0 saturated carbocycles. The van der Waals surface area contributed by atoms with Crippen LogP contribution in [0.5, 0.6) is 5.75 Å². The smallest absolute Gasteiger partial charge is 0.181 e. The predicted molar refractivity (Wildman–Crippen MR) is 67.2 cm³/mol. The maximum Gasteiger partial charge on any atom is 0.181 e. The average molecular weight is 266 g/mol. The number of para-hydroxylation sites is 1. The van der Waals surface area contributed by atoms with Crippen LogP contribution in [0, 0.1) is 0 Å². The minimum Gasteiger partial charge on any atom is -0.494 e. The fraction of sp³-hybridized carbons (Fsp3) is 0.250. The number of aromatic amines is 1. The zero-order valence-electron chi connectivity index (χ0n) is 9.74. The van der Waals surface area contributed by atoms with Crippen LogP contribution in [0.2, 0.25) is 0 Å². The van der Waals surface area contributed by atoms with Crippen LogP contribution < -0.4 is 4.74 Å². The number of rotatable bonds is 6. The van der Waals surface area contributed by atoms with Crippen molar-refractivity contribution < 1.29 is 13.2 Å². The van der Waals surface area contributed by atoms with E-state index >= 15 is 0 Å². The molecule has 1 N–H and O–H groups in total. The van der Waals surface area contributed by atoms with Crippen LogP contribution in [0.25, 0.3) is 0 Å². The molecule has 0 bridgehead atoms. The summed E-state index contributed by atoms with van der Waals surface area (Å²) in [7, 11) is -3.25. The largest absolute Gasteiger partial charge is 0.494 e. The summed E-state index contributed by atoms with van der Waals surface area (Å²) in [5.74, 6) is 0.803. The fourth-order valence-corrected chi connectivity index (χ4v) is 2.66. The van der Waals surface area contributed by atoms with Gasteiger partial charge in [-0.3, -0.25) is 5.10 Å². The van der Waals surface area contributed by atoms with Crippen molar-refractivity contribution in [3.05, 3.63) is 42.7 Å². The van der Waals surface area contributed by atoms with Gasteiger partial charge in [0.1, 0.15) is 10.6 Å². The molecule has 6 heteroatoms. The molecule has 0 radical (unpaired) electrons. The molecule has 5 nitrogen and oxygen atoms in total. The molecule has 0 saturated heterocycles. The minimum absolute atomic E-state index is 0.0549. The van der Waals surface area contributed by atoms with Gasteiger partial charge in [-0.2, -0.15) is 5.10 Å². The van der Waals surface area contributed by atoms with Gasteiger partial charge >= 0.3 is 0 Å². The van der Waals surface area contributed by atoms with Gasteiger partial charge in [0.05, 0.1) is 18.6 Å². The molecule has 0 atom stereocenters. The highest BCUT2D eigenvalue weighted by Gasteiger charge is 2.14.